The van der Waals surface area contributed by atoms with E-state index < -0.39 is 16.1 Å². The van der Waals surface area contributed by atoms with Crippen LogP contribution >= 0.6 is 12.4 Å². The van der Waals surface area contributed by atoms with Gasteiger partial charge in [-0.3, -0.25) is 4.79 Å². The van der Waals surface area contributed by atoms with Crippen LogP contribution in [0.4, 0.5) is 5.69 Å². The van der Waals surface area contributed by atoms with Gasteiger partial charge in [0.1, 0.15) is 0 Å². The first-order valence-corrected chi connectivity index (χ1v) is 8.81. The van der Waals surface area contributed by atoms with E-state index >= 15 is 0 Å². The molecule has 0 spiro atoms. The van der Waals surface area contributed by atoms with Crippen molar-refractivity contribution in [1.29, 1.82) is 0 Å². The first-order chi connectivity index (χ1) is 9.76. The summed E-state index contributed by atoms with van der Waals surface area (Å²) in [5, 5.41) is 2.91. The number of nitrogens with one attached hydrogen (secondary N) is 2. The molecule has 2 unspecified atom stereocenters. The summed E-state index contributed by atoms with van der Waals surface area (Å²) in [6.07, 6.45) is 3.79. The summed E-state index contributed by atoms with van der Waals surface area (Å²) >= 11 is 0. The normalized spacial score (nSPS) is 18.7. The van der Waals surface area contributed by atoms with Gasteiger partial charge < -0.3 is 11.1 Å². The molecule has 0 aromatic heterocycles. The predicted molar refractivity (Wildman–Crippen MR) is 89.4 cm³/mol. The fraction of sp³-hybridized carbons (Fsp3) is 0.500. The molecule has 1 amide bonds. The van der Waals surface area contributed by atoms with Crippen LogP contribution in [-0.4, -0.2) is 26.6 Å². The molecule has 22 heavy (non-hydrogen) atoms. The first kappa shape index (κ1) is 18.7. The highest BCUT2D eigenvalue weighted by atomic mass is 35.5. The van der Waals surface area contributed by atoms with Crippen molar-refractivity contribution in [2.24, 2.45) is 0 Å². The molecule has 1 aromatic carbocycles. The molecule has 0 saturated carbocycles. The van der Waals surface area contributed by atoms with E-state index in [-0.39, 0.29) is 24.4 Å². The Balaban J connectivity index is 0.00000242. The number of anilines is 1. The molecule has 0 aliphatic heterocycles. The second-order valence-electron chi connectivity index (χ2n) is 5.52. The van der Waals surface area contributed by atoms with Gasteiger partial charge in [0.2, 0.25) is 15.9 Å². The third-order valence-electron chi connectivity index (χ3n) is 3.58. The van der Waals surface area contributed by atoms with Gasteiger partial charge in [0.05, 0.1) is 18.3 Å². The number of aryl methyl sites for hydroxylation is 1. The Morgan fingerprint density at radius 2 is 2.09 bits per heavy atom. The Bertz CT molecular complexity index is 649. The monoisotopic (exact) mass is 347 g/mol. The molecular formula is C14H22ClN3O3S. The number of hydrogen-bond acceptors (Lipinski definition) is 4. The second-order valence-corrected chi connectivity index (χ2v) is 7.30. The number of rotatable bonds is 4. The van der Waals surface area contributed by atoms with Crippen LogP contribution in [-0.2, 0) is 21.2 Å². The molecule has 0 fully saturated rings. The fourth-order valence-electron chi connectivity index (χ4n) is 2.66. The number of hydrogen-bond donors (Lipinski definition) is 3. The largest absolute Gasteiger partial charge is 0.399 e. The van der Waals surface area contributed by atoms with Crippen molar-refractivity contribution in [3.8, 4) is 0 Å². The lowest BCUT2D eigenvalue weighted by molar-refractivity contribution is -0.123. The zero-order chi connectivity index (χ0) is 15.6. The number of halogens is 1. The van der Waals surface area contributed by atoms with Crippen LogP contribution < -0.4 is 15.8 Å². The quantitative estimate of drug-likeness (QED) is 0.710. The summed E-state index contributed by atoms with van der Waals surface area (Å²) in [4.78, 5) is 12.1. The average molecular weight is 348 g/mol. The lowest BCUT2D eigenvalue weighted by Crippen LogP contribution is -2.45. The smallest absolute Gasteiger partial charge is 0.238 e. The number of carbonyl (C=O) groups excluding carboxylic acids is 1. The zero-order valence-corrected chi connectivity index (χ0v) is 14.3. The van der Waals surface area contributed by atoms with Crippen LogP contribution in [0.2, 0.25) is 0 Å². The third-order valence-corrected chi connectivity index (χ3v) is 4.36. The number of carbonyl (C=O) groups is 1. The summed E-state index contributed by atoms with van der Waals surface area (Å²) < 4.78 is 24.6. The summed E-state index contributed by atoms with van der Waals surface area (Å²) in [6, 6.07) is 4.81. The standard InChI is InChI=1S/C14H21N3O3S.ClH/c1-9(17-21(2,19)20)14(18)16-13-5-3-4-10-8-11(15)6-7-12(10)13;/h6-9,13,17H,3-5,15H2,1-2H3,(H,16,18);1H. The molecule has 1 aliphatic rings. The molecule has 0 bridgehead atoms. The van der Waals surface area contributed by atoms with Gasteiger partial charge in [0.25, 0.3) is 0 Å². The molecule has 6 nitrogen and oxygen atoms in total. The van der Waals surface area contributed by atoms with Crippen molar-refractivity contribution in [2.75, 3.05) is 12.0 Å². The van der Waals surface area contributed by atoms with E-state index in [4.69, 9.17) is 5.73 Å². The Kier molecular flexibility index (Phi) is 6.22. The van der Waals surface area contributed by atoms with Crippen LogP contribution in [0.1, 0.15) is 36.9 Å². The summed E-state index contributed by atoms with van der Waals surface area (Å²) in [7, 11) is -3.40. The molecule has 124 valence electrons. The summed E-state index contributed by atoms with van der Waals surface area (Å²) in [6.45, 7) is 1.53. The molecular weight excluding hydrogens is 326 g/mol. The molecule has 2 rings (SSSR count). The molecule has 4 N–H and O–H groups in total. The Hall–Kier alpha value is -1.31. The van der Waals surface area contributed by atoms with Crippen molar-refractivity contribution in [3.05, 3.63) is 29.3 Å². The highest BCUT2D eigenvalue weighted by Crippen LogP contribution is 2.30. The van der Waals surface area contributed by atoms with Gasteiger partial charge in [-0.05, 0) is 49.4 Å². The molecule has 8 heteroatoms. The minimum Gasteiger partial charge on any atom is -0.399 e. The average Bonchev–Trinajstić information content (AvgIpc) is 2.36. The van der Waals surface area contributed by atoms with E-state index in [1.807, 2.05) is 18.2 Å². The van der Waals surface area contributed by atoms with Crippen LogP contribution in [0.25, 0.3) is 0 Å². The van der Waals surface area contributed by atoms with Crippen LogP contribution in [0.15, 0.2) is 18.2 Å². The molecule has 0 heterocycles. The van der Waals surface area contributed by atoms with Gasteiger partial charge in [-0.1, -0.05) is 6.07 Å². The molecule has 1 aromatic rings. The maximum Gasteiger partial charge on any atom is 0.238 e. The number of amides is 1. The zero-order valence-electron chi connectivity index (χ0n) is 12.6. The van der Waals surface area contributed by atoms with Gasteiger partial charge >= 0.3 is 0 Å². The lowest BCUT2D eigenvalue weighted by atomic mass is 9.87. The second kappa shape index (κ2) is 7.30. The van der Waals surface area contributed by atoms with Crippen molar-refractivity contribution < 1.29 is 13.2 Å². The van der Waals surface area contributed by atoms with Crippen LogP contribution in [0.3, 0.4) is 0 Å². The molecule has 1 aliphatic carbocycles. The van der Waals surface area contributed by atoms with Gasteiger partial charge in [-0.2, -0.15) is 0 Å². The van der Waals surface area contributed by atoms with Gasteiger partial charge in [0.15, 0.2) is 0 Å². The number of sulfonamides is 1. The van der Waals surface area contributed by atoms with E-state index in [0.29, 0.717) is 5.69 Å². The Morgan fingerprint density at radius 1 is 1.41 bits per heavy atom. The number of fused-ring (bicyclic) bond motifs is 1. The SMILES string of the molecule is CC(NS(C)(=O)=O)C(=O)NC1CCCc2cc(N)ccc21.Cl. The van der Waals surface area contributed by atoms with Gasteiger partial charge in [0, 0.05) is 5.69 Å². The maximum atomic E-state index is 12.1. The molecule has 2 atom stereocenters. The van der Waals surface area contributed by atoms with Crippen LogP contribution in [0.5, 0.6) is 0 Å². The van der Waals surface area contributed by atoms with Gasteiger partial charge in [-0.25, -0.2) is 13.1 Å². The Morgan fingerprint density at radius 3 is 2.73 bits per heavy atom. The Labute approximate surface area is 137 Å². The summed E-state index contributed by atoms with van der Waals surface area (Å²) in [5.74, 6) is -0.324. The van der Waals surface area contributed by atoms with E-state index in [1.54, 1.807) is 0 Å². The van der Waals surface area contributed by atoms with E-state index in [1.165, 1.54) is 6.92 Å². The van der Waals surface area contributed by atoms with E-state index in [9.17, 15) is 13.2 Å². The van der Waals surface area contributed by atoms with Crippen molar-refractivity contribution in [2.45, 2.75) is 38.3 Å². The molecule has 0 saturated heterocycles. The number of nitrogens with two attached hydrogens (primary N) is 1. The van der Waals surface area contributed by atoms with E-state index in [2.05, 4.69) is 10.0 Å². The lowest BCUT2D eigenvalue weighted by Gasteiger charge is -2.27. The molecule has 0 radical (unpaired) electrons. The van der Waals surface area contributed by atoms with E-state index in [0.717, 1.165) is 36.6 Å². The van der Waals surface area contributed by atoms with Gasteiger partial charge in [-0.15, -0.1) is 12.4 Å². The van der Waals surface area contributed by atoms with Crippen molar-refractivity contribution >= 4 is 34.0 Å². The number of nitrogen functional groups attached to an aromatic ring is 1. The highest BCUT2D eigenvalue weighted by molar-refractivity contribution is 7.88. The first-order valence-electron chi connectivity index (χ1n) is 6.92. The predicted octanol–water partition coefficient (Wildman–Crippen LogP) is 1.12. The topological polar surface area (TPSA) is 101 Å². The third kappa shape index (κ3) is 4.86. The summed E-state index contributed by atoms with van der Waals surface area (Å²) in [5.41, 5.74) is 8.71. The minimum absolute atomic E-state index is 0. The van der Waals surface area contributed by atoms with Crippen molar-refractivity contribution in [1.82, 2.24) is 10.0 Å². The van der Waals surface area contributed by atoms with Crippen molar-refractivity contribution in [3.63, 3.8) is 0 Å². The maximum absolute atomic E-state index is 12.1. The number of benzene rings is 1. The fourth-order valence-corrected chi connectivity index (χ4v) is 3.40. The highest BCUT2D eigenvalue weighted by Gasteiger charge is 2.25. The van der Waals surface area contributed by atoms with Crippen LogP contribution in [0, 0.1) is 0 Å². The minimum atomic E-state index is -3.40.